The quantitative estimate of drug-likeness (QED) is 0.851. The normalized spacial score (nSPS) is 11.7. The third-order valence-electron chi connectivity index (χ3n) is 3.10. The molecule has 0 spiro atoms. The smallest absolute Gasteiger partial charge is 0.107 e. The molecule has 0 saturated carbocycles. The van der Waals surface area contributed by atoms with Crippen LogP contribution in [0.25, 0.3) is 0 Å². The van der Waals surface area contributed by atoms with Gasteiger partial charge in [0.2, 0.25) is 0 Å². The van der Waals surface area contributed by atoms with Crippen LogP contribution in [0.3, 0.4) is 0 Å². The van der Waals surface area contributed by atoms with Crippen LogP contribution < -0.4 is 5.32 Å². The lowest BCUT2D eigenvalue weighted by Crippen LogP contribution is -2.22. The Kier molecular flexibility index (Phi) is 5.34. The minimum Gasteiger partial charge on any atom is -0.469 e. The van der Waals surface area contributed by atoms with E-state index in [9.17, 15) is 0 Å². The maximum atomic E-state index is 5.33. The van der Waals surface area contributed by atoms with Crippen LogP contribution >= 0.6 is 11.3 Å². The summed E-state index contributed by atoms with van der Waals surface area (Å²) in [5.41, 5.74) is 2.38. The molecule has 0 radical (unpaired) electrons. The second kappa shape index (κ2) is 7.02. The van der Waals surface area contributed by atoms with E-state index in [1.54, 1.807) is 17.6 Å². The molecule has 0 aliphatic rings. The fourth-order valence-corrected chi connectivity index (χ4v) is 2.73. The van der Waals surface area contributed by atoms with E-state index in [1.807, 2.05) is 13.0 Å². The van der Waals surface area contributed by atoms with Crippen LogP contribution in [-0.2, 0) is 19.6 Å². The van der Waals surface area contributed by atoms with Gasteiger partial charge in [0.1, 0.15) is 10.8 Å². The molecule has 0 atom stereocenters. The van der Waals surface area contributed by atoms with Crippen LogP contribution in [0.1, 0.15) is 35.9 Å². The Morgan fingerprint density at radius 1 is 1.40 bits per heavy atom. The third kappa shape index (κ3) is 4.44. The molecule has 0 saturated heterocycles. The summed E-state index contributed by atoms with van der Waals surface area (Å²) in [5, 5.41) is 6.70. The lowest BCUT2D eigenvalue weighted by atomic mass is 10.2. The van der Waals surface area contributed by atoms with Gasteiger partial charge < -0.3 is 9.73 Å². The molecule has 20 heavy (non-hydrogen) atoms. The maximum absolute atomic E-state index is 5.33. The van der Waals surface area contributed by atoms with Crippen molar-refractivity contribution in [2.75, 3.05) is 7.05 Å². The first-order valence-corrected chi connectivity index (χ1v) is 7.80. The average molecular weight is 293 g/mol. The van der Waals surface area contributed by atoms with Crippen molar-refractivity contribution in [1.82, 2.24) is 15.2 Å². The van der Waals surface area contributed by atoms with E-state index in [0.29, 0.717) is 6.04 Å². The molecule has 0 aliphatic heterocycles. The standard InChI is InChI=1S/C15H23N3OS/c1-11(2)16-7-15-17-14(10-20-15)9-18(4)8-13-5-6-19-12(13)3/h5-6,10-11,16H,7-9H2,1-4H3. The molecule has 0 aromatic carbocycles. The Hall–Kier alpha value is -1.17. The van der Waals surface area contributed by atoms with Crippen LogP contribution in [0.4, 0.5) is 0 Å². The lowest BCUT2D eigenvalue weighted by molar-refractivity contribution is 0.313. The molecule has 4 nitrogen and oxygen atoms in total. The topological polar surface area (TPSA) is 41.3 Å². The van der Waals surface area contributed by atoms with Crippen molar-refractivity contribution in [3.63, 3.8) is 0 Å². The number of hydrogen-bond acceptors (Lipinski definition) is 5. The van der Waals surface area contributed by atoms with Crippen LogP contribution in [-0.4, -0.2) is 23.0 Å². The van der Waals surface area contributed by atoms with Gasteiger partial charge in [-0.25, -0.2) is 4.98 Å². The Labute approximate surface area is 124 Å². The summed E-state index contributed by atoms with van der Waals surface area (Å²) < 4.78 is 5.33. The number of thiazole rings is 1. The fourth-order valence-electron chi connectivity index (χ4n) is 1.99. The summed E-state index contributed by atoms with van der Waals surface area (Å²) in [5.74, 6) is 0.997. The number of hydrogen-bond donors (Lipinski definition) is 1. The highest BCUT2D eigenvalue weighted by atomic mass is 32.1. The number of nitrogens with zero attached hydrogens (tertiary/aromatic N) is 2. The number of nitrogens with one attached hydrogen (secondary N) is 1. The zero-order chi connectivity index (χ0) is 14.5. The Morgan fingerprint density at radius 2 is 2.20 bits per heavy atom. The molecule has 1 N–H and O–H groups in total. The van der Waals surface area contributed by atoms with Crippen LogP contribution in [0.2, 0.25) is 0 Å². The average Bonchev–Trinajstić information content (AvgIpc) is 2.97. The molecular formula is C15H23N3OS. The Morgan fingerprint density at radius 3 is 2.85 bits per heavy atom. The van der Waals surface area contributed by atoms with Gasteiger partial charge in [-0.3, -0.25) is 4.90 Å². The molecule has 110 valence electrons. The summed E-state index contributed by atoms with van der Waals surface area (Å²) in [7, 11) is 2.11. The first-order chi connectivity index (χ1) is 9.54. The summed E-state index contributed by atoms with van der Waals surface area (Å²) in [6.45, 7) is 8.90. The van der Waals surface area contributed by atoms with E-state index >= 15 is 0 Å². The molecule has 2 heterocycles. The molecular weight excluding hydrogens is 270 g/mol. The fraction of sp³-hybridized carbons (Fsp3) is 0.533. The van der Waals surface area contributed by atoms with Gasteiger partial charge in [0.05, 0.1) is 12.0 Å². The largest absolute Gasteiger partial charge is 0.469 e. The second-order valence-electron chi connectivity index (χ2n) is 5.44. The van der Waals surface area contributed by atoms with Crippen LogP contribution in [0, 0.1) is 6.92 Å². The van der Waals surface area contributed by atoms with Crippen molar-refractivity contribution >= 4 is 11.3 Å². The van der Waals surface area contributed by atoms with Gasteiger partial charge in [-0.05, 0) is 20.0 Å². The van der Waals surface area contributed by atoms with Crippen molar-refractivity contribution < 1.29 is 4.42 Å². The number of furan rings is 1. The first kappa shape index (κ1) is 15.2. The Bertz CT molecular complexity index is 533. The first-order valence-electron chi connectivity index (χ1n) is 6.92. The van der Waals surface area contributed by atoms with E-state index in [4.69, 9.17) is 4.42 Å². The van der Waals surface area contributed by atoms with Crippen molar-refractivity contribution in [3.8, 4) is 0 Å². The van der Waals surface area contributed by atoms with Gasteiger partial charge in [-0.2, -0.15) is 0 Å². The maximum Gasteiger partial charge on any atom is 0.107 e. The molecule has 2 aromatic heterocycles. The van der Waals surface area contributed by atoms with Crippen molar-refractivity contribution in [2.45, 2.75) is 46.4 Å². The zero-order valence-corrected chi connectivity index (χ0v) is 13.5. The molecule has 0 unspecified atom stereocenters. The predicted molar refractivity (Wildman–Crippen MR) is 82.7 cm³/mol. The van der Waals surface area contributed by atoms with E-state index in [0.717, 1.165) is 36.1 Å². The van der Waals surface area contributed by atoms with Gasteiger partial charge in [0, 0.05) is 36.6 Å². The van der Waals surface area contributed by atoms with Gasteiger partial charge in [0.15, 0.2) is 0 Å². The highest BCUT2D eigenvalue weighted by Gasteiger charge is 2.09. The molecule has 0 fully saturated rings. The minimum atomic E-state index is 0.495. The van der Waals surface area contributed by atoms with E-state index in [-0.39, 0.29) is 0 Å². The molecule has 0 aliphatic carbocycles. The highest BCUT2D eigenvalue weighted by molar-refractivity contribution is 7.09. The number of aromatic nitrogens is 1. The van der Waals surface area contributed by atoms with Gasteiger partial charge in [-0.15, -0.1) is 11.3 Å². The van der Waals surface area contributed by atoms with E-state index < -0.39 is 0 Å². The zero-order valence-electron chi connectivity index (χ0n) is 12.6. The third-order valence-corrected chi connectivity index (χ3v) is 4.00. The number of aryl methyl sites for hydroxylation is 1. The van der Waals surface area contributed by atoms with Crippen molar-refractivity contribution in [2.24, 2.45) is 0 Å². The summed E-state index contributed by atoms with van der Waals surface area (Å²) in [6, 6.07) is 2.53. The summed E-state index contributed by atoms with van der Waals surface area (Å²) in [6.07, 6.45) is 1.75. The Balaban J connectivity index is 1.85. The van der Waals surface area contributed by atoms with Gasteiger partial charge >= 0.3 is 0 Å². The predicted octanol–water partition coefficient (Wildman–Crippen LogP) is 3.17. The molecule has 2 rings (SSSR count). The second-order valence-corrected chi connectivity index (χ2v) is 6.39. The molecule has 5 heteroatoms. The van der Waals surface area contributed by atoms with Crippen LogP contribution in [0.5, 0.6) is 0 Å². The highest BCUT2D eigenvalue weighted by Crippen LogP contribution is 2.15. The van der Waals surface area contributed by atoms with Crippen molar-refractivity contribution in [3.05, 3.63) is 39.7 Å². The lowest BCUT2D eigenvalue weighted by Gasteiger charge is -2.14. The molecule has 0 bridgehead atoms. The summed E-state index contributed by atoms with van der Waals surface area (Å²) >= 11 is 1.73. The van der Waals surface area contributed by atoms with Gasteiger partial charge in [-0.1, -0.05) is 13.8 Å². The number of rotatable bonds is 7. The van der Waals surface area contributed by atoms with E-state index in [1.165, 1.54) is 5.56 Å². The summed E-state index contributed by atoms with van der Waals surface area (Å²) in [4.78, 5) is 6.92. The molecule has 0 amide bonds. The molecule has 2 aromatic rings. The van der Waals surface area contributed by atoms with E-state index in [2.05, 4.69) is 41.5 Å². The van der Waals surface area contributed by atoms with Crippen LogP contribution in [0.15, 0.2) is 22.1 Å². The monoisotopic (exact) mass is 293 g/mol. The van der Waals surface area contributed by atoms with Gasteiger partial charge in [0.25, 0.3) is 0 Å². The van der Waals surface area contributed by atoms with Crippen molar-refractivity contribution in [1.29, 1.82) is 0 Å². The minimum absolute atomic E-state index is 0.495. The SMILES string of the molecule is Cc1occc1CN(C)Cc1csc(CNC(C)C)n1.